The van der Waals surface area contributed by atoms with E-state index in [-0.39, 0.29) is 11.6 Å². The molecule has 2 aromatic heterocycles. The summed E-state index contributed by atoms with van der Waals surface area (Å²) in [6.45, 7) is 5.80. The van der Waals surface area contributed by atoms with Gasteiger partial charge in [-0.15, -0.1) is 0 Å². The molecule has 1 aliphatic rings. The van der Waals surface area contributed by atoms with Crippen molar-refractivity contribution in [3.05, 3.63) is 51.6 Å². The van der Waals surface area contributed by atoms with Gasteiger partial charge in [0.05, 0.1) is 16.7 Å². The molecule has 1 aliphatic heterocycles. The van der Waals surface area contributed by atoms with Crippen LogP contribution in [0.2, 0.25) is 0 Å². The number of rotatable bonds is 3. The van der Waals surface area contributed by atoms with Crippen molar-refractivity contribution in [3.8, 4) is 0 Å². The molecular weight excluding hydrogens is 312 g/mol. The Labute approximate surface area is 138 Å². The van der Waals surface area contributed by atoms with Gasteiger partial charge in [0.15, 0.2) is 0 Å². The molecule has 3 heterocycles. The molecule has 0 atom stereocenters. The van der Waals surface area contributed by atoms with E-state index in [9.17, 15) is 14.9 Å². The van der Waals surface area contributed by atoms with Crippen LogP contribution in [-0.2, 0) is 0 Å². The summed E-state index contributed by atoms with van der Waals surface area (Å²) in [6, 6.07) is 4.82. The quantitative estimate of drug-likeness (QED) is 0.632. The Bertz CT molecular complexity index is 778. The molecule has 0 radical (unpaired) electrons. The molecule has 1 saturated heterocycles. The summed E-state index contributed by atoms with van der Waals surface area (Å²) in [5.41, 5.74) is 1.00. The maximum atomic E-state index is 12.5. The Hall–Kier alpha value is -2.90. The molecule has 0 aromatic carbocycles. The first kappa shape index (κ1) is 16.0. The van der Waals surface area contributed by atoms with Gasteiger partial charge in [0, 0.05) is 32.2 Å². The third-order valence-corrected chi connectivity index (χ3v) is 4.22. The van der Waals surface area contributed by atoms with Gasteiger partial charge in [0.1, 0.15) is 17.3 Å². The van der Waals surface area contributed by atoms with Crippen molar-refractivity contribution in [2.45, 2.75) is 13.8 Å². The fraction of sp³-hybridized carbons (Fsp3) is 0.375. The van der Waals surface area contributed by atoms with E-state index in [1.165, 1.54) is 12.3 Å². The minimum atomic E-state index is -0.435. The Morgan fingerprint density at radius 3 is 2.46 bits per heavy atom. The van der Waals surface area contributed by atoms with Crippen LogP contribution in [0.15, 0.2) is 28.9 Å². The molecule has 0 unspecified atom stereocenters. The predicted octanol–water partition coefficient (Wildman–Crippen LogP) is 2.16. The number of carbonyl (C=O) groups excluding carboxylic acids is 1. The van der Waals surface area contributed by atoms with E-state index in [1.54, 1.807) is 30.9 Å². The number of aryl methyl sites for hydroxylation is 2. The van der Waals surface area contributed by atoms with Gasteiger partial charge in [-0.05, 0) is 26.0 Å². The van der Waals surface area contributed by atoms with Gasteiger partial charge in [0.25, 0.3) is 11.6 Å². The lowest BCUT2D eigenvalue weighted by Gasteiger charge is -2.35. The van der Waals surface area contributed by atoms with Gasteiger partial charge in [-0.25, -0.2) is 4.98 Å². The molecule has 0 N–H and O–H groups in total. The number of furan rings is 1. The van der Waals surface area contributed by atoms with Crippen LogP contribution in [0.3, 0.4) is 0 Å². The summed E-state index contributed by atoms with van der Waals surface area (Å²) in [6.07, 6.45) is 1.52. The zero-order valence-corrected chi connectivity index (χ0v) is 13.6. The van der Waals surface area contributed by atoms with Crippen LogP contribution >= 0.6 is 0 Å². The van der Waals surface area contributed by atoms with Crippen molar-refractivity contribution in [3.63, 3.8) is 0 Å². The molecule has 1 amide bonds. The Balaban J connectivity index is 1.67. The van der Waals surface area contributed by atoms with Crippen LogP contribution in [0.5, 0.6) is 0 Å². The maximum Gasteiger partial charge on any atom is 0.290 e. The second kappa shape index (κ2) is 6.31. The predicted molar refractivity (Wildman–Crippen MR) is 87.2 cm³/mol. The van der Waals surface area contributed by atoms with Crippen LogP contribution in [0, 0.1) is 24.0 Å². The lowest BCUT2D eigenvalue weighted by atomic mass is 10.2. The highest BCUT2D eigenvalue weighted by Gasteiger charge is 2.25. The number of carbonyl (C=O) groups is 1. The number of nitrogens with zero attached hydrogens (tertiary/aromatic N) is 4. The van der Waals surface area contributed by atoms with Gasteiger partial charge >= 0.3 is 0 Å². The molecule has 8 heteroatoms. The summed E-state index contributed by atoms with van der Waals surface area (Å²) in [5, 5.41) is 10.9. The molecule has 0 aliphatic carbocycles. The Kier molecular flexibility index (Phi) is 4.20. The van der Waals surface area contributed by atoms with E-state index in [0.29, 0.717) is 49.0 Å². The summed E-state index contributed by atoms with van der Waals surface area (Å²) < 4.78 is 5.19. The van der Waals surface area contributed by atoms with Gasteiger partial charge in [-0.2, -0.15) is 0 Å². The fourth-order valence-electron chi connectivity index (χ4n) is 2.83. The average Bonchev–Trinajstić information content (AvgIpc) is 3.00. The monoisotopic (exact) mass is 330 g/mol. The lowest BCUT2D eigenvalue weighted by Crippen LogP contribution is -2.49. The smallest absolute Gasteiger partial charge is 0.290 e. The molecule has 126 valence electrons. The van der Waals surface area contributed by atoms with Crippen molar-refractivity contribution in [1.82, 2.24) is 9.88 Å². The van der Waals surface area contributed by atoms with E-state index in [2.05, 4.69) is 4.98 Å². The van der Waals surface area contributed by atoms with Crippen molar-refractivity contribution in [2.75, 3.05) is 31.1 Å². The normalized spacial score (nSPS) is 14.8. The maximum absolute atomic E-state index is 12.5. The van der Waals surface area contributed by atoms with Gasteiger partial charge in [-0.3, -0.25) is 14.9 Å². The third kappa shape index (κ3) is 2.94. The SMILES string of the molecule is Cc1nc(N2CCN(C(=O)c3ccoc3C)CC2)ccc1[N+](=O)[O-]. The van der Waals surface area contributed by atoms with E-state index in [4.69, 9.17) is 4.42 Å². The first-order valence-electron chi connectivity index (χ1n) is 7.67. The van der Waals surface area contributed by atoms with E-state index in [1.807, 2.05) is 4.90 Å². The van der Waals surface area contributed by atoms with Crippen LogP contribution in [0.4, 0.5) is 11.5 Å². The molecule has 0 saturated carbocycles. The first-order valence-corrected chi connectivity index (χ1v) is 7.67. The number of aromatic nitrogens is 1. The van der Waals surface area contributed by atoms with Crippen molar-refractivity contribution >= 4 is 17.4 Å². The molecule has 0 bridgehead atoms. The number of piperazine rings is 1. The molecule has 1 fully saturated rings. The summed E-state index contributed by atoms with van der Waals surface area (Å²) in [7, 11) is 0. The topological polar surface area (TPSA) is 92.7 Å². The zero-order valence-electron chi connectivity index (χ0n) is 13.6. The zero-order chi connectivity index (χ0) is 17.3. The third-order valence-electron chi connectivity index (χ3n) is 4.22. The molecular formula is C16H18N4O4. The standard InChI is InChI=1S/C16H18N4O4/c1-11-14(20(22)23)3-4-15(17-11)18-6-8-19(9-7-18)16(21)13-5-10-24-12(13)2/h3-5,10H,6-9H2,1-2H3. The highest BCUT2D eigenvalue weighted by atomic mass is 16.6. The molecule has 8 nitrogen and oxygen atoms in total. The number of hydrogen-bond donors (Lipinski definition) is 0. The van der Waals surface area contributed by atoms with Crippen molar-refractivity contribution in [2.24, 2.45) is 0 Å². The molecule has 24 heavy (non-hydrogen) atoms. The number of hydrogen-bond acceptors (Lipinski definition) is 6. The Morgan fingerprint density at radius 1 is 1.21 bits per heavy atom. The van der Waals surface area contributed by atoms with Gasteiger partial charge < -0.3 is 14.2 Å². The summed E-state index contributed by atoms with van der Waals surface area (Å²) in [5.74, 6) is 1.29. The highest BCUT2D eigenvalue weighted by Crippen LogP contribution is 2.22. The van der Waals surface area contributed by atoms with Crippen LogP contribution < -0.4 is 4.90 Å². The van der Waals surface area contributed by atoms with Crippen LogP contribution in [0.1, 0.15) is 21.8 Å². The summed E-state index contributed by atoms with van der Waals surface area (Å²) in [4.78, 5) is 31.0. The van der Waals surface area contributed by atoms with Gasteiger partial charge in [0.2, 0.25) is 0 Å². The van der Waals surface area contributed by atoms with E-state index in [0.717, 1.165) is 0 Å². The lowest BCUT2D eigenvalue weighted by molar-refractivity contribution is -0.385. The van der Waals surface area contributed by atoms with E-state index >= 15 is 0 Å². The molecule has 2 aromatic rings. The minimum Gasteiger partial charge on any atom is -0.469 e. The number of anilines is 1. The number of amides is 1. The largest absolute Gasteiger partial charge is 0.469 e. The molecule has 3 rings (SSSR count). The highest BCUT2D eigenvalue weighted by molar-refractivity contribution is 5.95. The van der Waals surface area contributed by atoms with E-state index < -0.39 is 4.92 Å². The summed E-state index contributed by atoms with van der Waals surface area (Å²) >= 11 is 0. The van der Waals surface area contributed by atoms with Crippen molar-refractivity contribution in [1.29, 1.82) is 0 Å². The second-order valence-electron chi connectivity index (χ2n) is 5.70. The van der Waals surface area contributed by atoms with Crippen molar-refractivity contribution < 1.29 is 14.1 Å². The first-order chi connectivity index (χ1) is 11.5. The second-order valence-corrected chi connectivity index (χ2v) is 5.70. The Morgan fingerprint density at radius 2 is 1.92 bits per heavy atom. The minimum absolute atomic E-state index is 0.0167. The fourth-order valence-corrected chi connectivity index (χ4v) is 2.83. The van der Waals surface area contributed by atoms with Crippen LogP contribution in [0.25, 0.3) is 0 Å². The molecule has 0 spiro atoms. The number of nitro groups is 1. The van der Waals surface area contributed by atoms with Gasteiger partial charge in [-0.1, -0.05) is 0 Å². The van der Waals surface area contributed by atoms with Crippen LogP contribution in [-0.4, -0.2) is 46.9 Å². The average molecular weight is 330 g/mol. The number of pyridine rings is 1.